The standard InChI is InChI=1S/C13H10BrN3O2S2/c1-19-8-4-6(15)5-9-10(8)16-13(21-9)17-12(18)11-7(14)2-3-20-11/h2-5H,15H2,1H3,(H,16,17,18). The lowest BCUT2D eigenvalue weighted by Gasteiger charge is -2.01. The van der Waals surface area contributed by atoms with Gasteiger partial charge in [-0.05, 0) is 33.4 Å². The van der Waals surface area contributed by atoms with Crippen molar-refractivity contribution in [3.05, 3.63) is 32.9 Å². The molecule has 1 amide bonds. The average Bonchev–Trinajstić information content (AvgIpc) is 3.03. The van der Waals surface area contributed by atoms with E-state index in [0.717, 1.165) is 9.17 Å². The second kappa shape index (κ2) is 5.63. The van der Waals surface area contributed by atoms with E-state index < -0.39 is 0 Å². The second-order valence-corrected chi connectivity index (χ2v) is 6.94. The van der Waals surface area contributed by atoms with Crippen LogP contribution in [0.2, 0.25) is 0 Å². The number of rotatable bonds is 3. The van der Waals surface area contributed by atoms with Gasteiger partial charge in [0.05, 0.1) is 11.8 Å². The molecule has 3 rings (SSSR count). The van der Waals surface area contributed by atoms with E-state index in [1.54, 1.807) is 13.2 Å². The van der Waals surface area contributed by atoms with Crippen molar-refractivity contribution in [3.8, 4) is 5.75 Å². The van der Waals surface area contributed by atoms with Crippen molar-refractivity contribution >= 4 is 65.5 Å². The van der Waals surface area contributed by atoms with E-state index in [9.17, 15) is 4.79 Å². The van der Waals surface area contributed by atoms with Crippen LogP contribution in [-0.4, -0.2) is 18.0 Å². The van der Waals surface area contributed by atoms with E-state index in [0.29, 0.717) is 27.0 Å². The van der Waals surface area contributed by atoms with Crippen LogP contribution in [0.1, 0.15) is 9.67 Å². The van der Waals surface area contributed by atoms with Crippen molar-refractivity contribution in [2.75, 3.05) is 18.2 Å². The Labute approximate surface area is 136 Å². The fourth-order valence-electron chi connectivity index (χ4n) is 1.84. The average molecular weight is 384 g/mol. The second-order valence-electron chi connectivity index (χ2n) is 4.14. The Morgan fingerprint density at radius 2 is 2.29 bits per heavy atom. The third-order valence-electron chi connectivity index (χ3n) is 2.75. The van der Waals surface area contributed by atoms with Gasteiger partial charge in [-0.3, -0.25) is 10.1 Å². The smallest absolute Gasteiger partial charge is 0.268 e. The summed E-state index contributed by atoms with van der Waals surface area (Å²) in [4.78, 5) is 17.2. The number of nitrogens with zero attached hydrogens (tertiary/aromatic N) is 1. The molecular weight excluding hydrogens is 374 g/mol. The van der Waals surface area contributed by atoms with Gasteiger partial charge in [-0.2, -0.15) is 0 Å². The molecule has 3 N–H and O–H groups in total. The molecule has 2 aromatic heterocycles. The number of nitrogens with one attached hydrogen (secondary N) is 1. The van der Waals surface area contributed by atoms with Gasteiger partial charge in [0.15, 0.2) is 5.13 Å². The Hall–Kier alpha value is -1.64. The molecule has 108 valence electrons. The van der Waals surface area contributed by atoms with Crippen molar-refractivity contribution in [2.24, 2.45) is 0 Å². The maximum absolute atomic E-state index is 12.2. The molecule has 0 saturated carbocycles. The number of thiazole rings is 1. The number of nitrogen functional groups attached to an aromatic ring is 1. The minimum atomic E-state index is -0.192. The molecule has 0 bridgehead atoms. The molecule has 0 aliphatic rings. The van der Waals surface area contributed by atoms with Crippen molar-refractivity contribution in [2.45, 2.75) is 0 Å². The van der Waals surface area contributed by atoms with Crippen LogP contribution in [0.4, 0.5) is 10.8 Å². The van der Waals surface area contributed by atoms with E-state index >= 15 is 0 Å². The number of nitrogens with two attached hydrogens (primary N) is 1. The normalized spacial score (nSPS) is 10.8. The van der Waals surface area contributed by atoms with Crippen LogP contribution in [-0.2, 0) is 0 Å². The first kappa shape index (κ1) is 14.3. The van der Waals surface area contributed by atoms with E-state index in [1.807, 2.05) is 17.5 Å². The maximum Gasteiger partial charge on any atom is 0.268 e. The van der Waals surface area contributed by atoms with Crippen LogP contribution < -0.4 is 15.8 Å². The van der Waals surface area contributed by atoms with E-state index in [2.05, 4.69) is 26.2 Å². The van der Waals surface area contributed by atoms with Gasteiger partial charge in [0, 0.05) is 16.2 Å². The van der Waals surface area contributed by atoms with Gasteiger partial charge in [-0.25, -0.2) is 4.98 Å². The lowest BCUT2D eigenvalue weighted by atomic mass is 10.3. The summed E-state index contributed by atoms with van der Waals surface area (Å²) in [5.74, 6) is 0.405. The summed E-state index contributed by atoms with van der Waals surface area (Å²) in [6, 6.07) is 5.36. The Morgan fingerprint density at radius 3 is 2.95 bits per heavy atom. The van der Waals surface area contributed by atoms with Crippen LogP contribution in [0.25, 0.3) is 10.2 Å². The van der Waals surface area contributed by atoms with Crippen LogP contribution in [0.3, 0.4) is 0 Å². The Balaban J connectivity index is 1.95. The van der Waals surface area contributed by atoms with E-state index in [4.69, 9.17) is 10.5 Å². The zero-order valence-electron chi connectivity index (χ0n) is 10.8. The predicted octanol–water partition coefficient (Wildman–Crippen LogP) is 3.96. The summed E-state index contributed by atoms with van der Waals surface area (Å²) in [5, 5.41) is 5.16. The third kappa shape index (κ3) is 2.74. The number of anilines is 2. The maximum atomic E-state index is 12.2. The van der Waals surface area contributed by atoms with Crippen LogP contribution in [0, 0.1) is 0 Å². The number of hydrogen-bond donors (Lipinski definition) is 2. The molecular formula is C13H10BrN3O2S2. The largest absolute Gasteiger partial charge is 0.494 e. The number of halogens is 1. The third-order valence-corrected chi connectivity index (χ3v) is 5.50. The van der Waals surface area contributed by atoms with Gasteiger partial charge < -0.3 is 10.5 Å². The number of ether oxygens (including phenoxy) is 1. The summed E-state index contributed by atoms with van der Waals surface area (Å²) >= 11 is 6.07. The molecule has 5 nitrogen and oxygen atoms in total. The highest BCUT2D eigenvalue weighted by atomic mass is 79.9. The Kier molecular flexibility index (Phi) is 3.83. The van der Waals surface area contributed by atoms with Crippen molar-refractivity contribution in [1.82, 2.24) is 4.98 Å². The molecule has 0 unspecified atom stereocenters. The molecule has 1 aromatic carbocycles. The highest BCUT2D eigenvalue weighted by Crippen LogP contribution is 2.35. The monoisotopic (exact) mass is 383 g/mol. The summed E-state index contributed by atoms with van der Waals surface area (Å²) in [7, 11) is 1.56. The number of amides is 1. The number of aromatic nitrogens is 1. The number of benzene rings is 1. The van der Waals surface area contributed by atoms with Gasteiger partial charge in [0.2, 0.25) is 0 Å². The van der Waals surface area contributed by atoms with Crippen molar-refractivity contribution in [1.29, 1.82) is 0 Å². The van der Waals surface area contributed by atoms with Crippen LogP contribution in [0.5, 0.6) is 5.75 Å². The predicted molar refractivity (Wildman–Crippen MR) is 90.6 cm³/mol. The molecule has 0 aliphatic carbocycles. The van der Waals surface area contributed by atoms with Gasteiger partial charge in [0.25, 0.3) is 5.91 Å². The molecule has 0 radical (unpaired) electrons. The number of carbonyl (C=O) groups is 1. The molecule has 2 heterocycles. The SMILES string of the molecule is COc1cc(N)cc2sc(NC(=O)c3sccc3Br)nc12. The van der Waals surface area contributed by atoms with Crippen LogP contribution >= 0.6 is 38.6 Å². The molecule has 0 atom stereocenters. The fourth-order valence-corrected chi connectivity index (χ4v) is 4.21. The first-order chi connectivity index (χ1) is 10.1. The summed E-state index contributed by atoms with van der Waals surface area (Å²) in [6.07, 6.45) is 0. The summed E-state index contributed by atoms with van der Waals surface area (Å²) in [5.41, 5.74) is 7.11. The molecule has 0 fully saturated rings. The molecule has 21 heavy (non-hydrogen) atoms. The molecule has 0 saturated heterocycles. The zero-order chi connectivity index (χ0) is 15.0. The number of thiophene rings is 1. The van der Waals surface area contributed by atoms with E-state index in [-0.39, 0.29) is 5.91 Å². The topological polar surface area (TPSA) is 77.2 Å². The minimum absolute atomic E-state index is 0.192. The van der Waals surface area contributed by atoms with Gasteiger partial charge >= 0.3 is 0 Å². The zero-order valence-corrected chi connectivity index (χ0v) is 14.1. The number of carbonyl (C=O) groups excluding carboxylic acids is 1. The lowest BCUT2D eigenvalue weighted by molar-refractivity contribution is 0.103. The minimum Gasteiger partial charge on any atom is -0.494 e. The molecule has 0 aliphatic heterocycles. The van der Waals surface area contributed by atoms with Crippen molar-refractivity contribution in [3.63, 3.8) is 0 Å². The van der Waals surface area contributed by atoms with Gasteiger partial charge in [-0.15, -0.1) is 11.3 Å². The van der Waals surface area contributed by atoms with Crippen molar-refractivity contribution < 1.29 is 9.53 Å². The molecule has 8 heteroatoms. The van der Waals surface area contributed by atoms with Gasteiger partial charge in [0.1, 0.15) is 16.1 Å². The quantitative estimate of drug-likeness (QED) is 0.670. The Morgan fingerprint density at radius 1 is 1.48 bits per heavy atom. The lowest BCUT2D eigenvalue weighted by Crippen LogP contribution is -2.10. The van der Waals surface area contributed by atoms with Gasteiger partial charge in [-0.1, -0.05) is 11.3 Å². The number of hydrogen-bond acceptors (Lipinski definition) is 6. The van der Waals surface area contributed by atoms with E-state index in [1.165, 1.54) is 22.7 Å². The van der Waals surface area contributed by atoms with Crippen LogP contribution in [0.15, 0.2) is 28.1 Å². The summed E-state index contributed by atoms with van der Waals surface area (Å²) < 4.78 is 6.90. The first-order valence-electron chi connectivity index (χ1n) is 5.87. The fraction of sp³-hybridized carbons (Fsp3) is 0.0769. The highest BCUT2D eigenvalue weighted by molar-refractivity contribution is 9.10. The highest BCUT2D eigenvalue weighted by Gasteiger charge is 2.15. The Bertz CT molecular complexity index is 828. The first-order valence-corrected chi connectivity index (χ1v) is 8.36. The number of methoxy groups -OCH3 is 1. The summed E-state index contributed by atoms with van der Waals surface area (Å²) in [6.45, 7) is 0. The molecule has 0 spiro atoms. The molecule has 3 aromatic rings. The number of fused-ring (bicyclic) bond motifs is 1.